The van der Waals surface area contributed by atoms with Gasteiger partial charge in [-0.3, -0.25) is 4.79 Å². The summed E-state index contributed by atoms with van der Waals surface area (Å²) < 4.78 is 0. The first kappa shape index (κ1) is 22.0. The molecule has 0 unspecified atom stereocenters. The van der Waals surface area contributed by atoms with Crippen LogP contribution in [0.4, 0.5) is 21.0 Å². The van der Waals surface area contributed by atoms with Gasteiger partial charge in [0.25, 0.3) is 0 Å². The van der Waals surface area contributed by atoms with Crippen LogP contribution in [0.15, 0.2) is 24.3 Å². The SMILES string of the molecule is O=C(CCNC(=O)NC12CC3CC(CC(C3)C1)C2)Nc1ccccc1NC(=O)N1CCCC1. The average Bonchev–Trinajstić information content (AvgIpc) is 3.29. The molecule has 1 saturated heterocycles. The summed E-state index contributed by atoms with van der Waals surface area (Å²) in [7, 11) is 0. The maximum Gasteiger partial charge on any atom is 0.321 e. The Balaban J connectivity index is 1.08. The molecule has 5 amide bonds. The smallest absolute Gasteiger partial charge is 0.321 e. The molecular weight excluding hydrogens is 418 g/mol. The number of amides is 5. The Morgan fingerprint density at radius 2 is 1.45 bits per heavy atom. The van der Waals surface area contributed by atoms with Crippen LogP contribution in [0.2, 0.25) is 0 Å². The van der Waals surface area contributed by atoms with Crippen molar-refractivity contribution in [3.05, 3.63) is 24.3 Å². The summed E-state index contributed by atoms with van der Waals surface area (Å²) in [5, 5.41) is 11.9. The summed E-state index contributed by atoms with van der Waals surface area (Å²) in [6.07, 6.45) is 9.54. The third-order valence-electron chi connectivity index (χ3n) is 7.89. The summed E-state index contributed by atoms with van der Waals surface area (Å²) in [6, 6.07) is 6.88. The number of hydrogen-bond donors (Lipinski definition) is 4. The standard InChI is InChI=1S/C25H35N5O3/c31-22(27-20-5-1-2-6-21(20)28-24(33)30-9-3-4-10-30)7-8-26-23(32)29-25-14-17-11-18(15-25)13-19(12-17)16-25/h1-2,5-6,17-19H,3-4,7-16H2,(H,27,31)(H,28,33)(H2,26,29,32). The highest BCUT2D eigenvalue weighted by molar-refractivity contribution is 5.99. The zero-order chi connectivity index (χ0) is 22.8. The van der Waals surface area contributed by atoms with Crippen molar-refractivity contribution in [1.82, 2.24) is 15.5 Å². The van der Waals surface area contributed by atoms with Crippen molar-refractivity contribution in [2.24, 2.45) is 17.8 Å². The Labute approximate surface area is 195 Å². The second-order valence-electron chi connectivity index (χ2n) is 10.5. The third kappa shape index (κ3) is 5.09. The zero-order valence-electron chi connectivity index (χ0n) is 19.2. The summed E-state index contributed by atoms with van der Waals surface area (Å²) in [5.41, 5.74) is 1.11. The number of hydrogen-bond acceptors (Lipinski definition) is 3. The molecule has 4 bridgehead atoms. The van der Waals surface area contributed by atoms with Crippen LogP contribution in [-0.4, -0.2) is 48.0 Å². The van der Waals surface area contributed by atoms with Crippen molar-refractivity contribution < 1.29 is 14.4 Å². The molecule has 4 saturated carbocycles. The molecule has 0 aromatic heterocycles. The molecule has 1 aromatic rings. The summed E-state index contributed by atoms with van der Waals surface area (Å²) in [6.45, 7) is 1.79. The largest absolute Gasteiger partial charge is 0.338 e. The van der Waals surface area contributed by atoms with E-state index in [0.29, 0.717) is 11.4 Å². The van der Waals surface area contributed by atoms with Crippen LogP contribution in [0.5, 0.6) is 0 Å². The number of benzene rings is 1. The van der Waals surface area contributed by atoms with E-state index < -0.39 is 0 Å². The molecule has 4 N–H and O–H groups in total. The second-order valence-corrected chi connectivity index (χ2v) is 10.5. The first-order valence-corrected chi connectivity index (χ1v) is 12.5. The normalized spacial score (nSPS) is 29.6. The molecule has 8 heteroatoms. The highest BCUT2D eigenvalue weighted by Crippen LogP contribution is 2.55. The number of rotatable bonds is 6. The number of carbonyl (C=O) groups excluding carboxylic acids is 3. The Kier molecular flexibility index (Phi) is 6.17. The molecule has 4 aliphatic carbocycles. The fourth-order valence-corrected chi connectivity index (χ4v) is 6.87. The van der Waals surface area contributed by atoms with E-state index in [1.165, 1.54) is 19.3 Å². The van der Waals surface area contributed by atoms with Gasteiger partial charge in [-0.05, 0) is 81.3 Å². The molecule has 5 aliphatic rings. The molecule has 1 heterocycles. The molecular formula is C25H35N5O3. The van der Waals surface area contributed by atoms with E-state index in [0.717, 1.165) is 62.9 Å². The van der Waals surface area contributed by atoms with Gasteiger partial charge in [-0.25, -0.2) is 9.59 Å². The Bertz CT molecular complexity index is 876. The highest BCUT2D eigenvalue weighted by Gasteiger charge is 2.51. The summed E-state index contributed by atoms with van der Waals surface area (Å²) in [4.78, 5) is 39.2. The van der Waals surface area contributed by atoms with Crippen LogP contribution in [0, 0.1) is 17.8 Å². The van der Waals surface area contributed by atoms with E-state index in [1.54, 1.807) is 17.0 Å². The number of likely N-dealkylation sites (tertiary alicyclic amines) is 1. The number of nitrogens with zero attached hydrogens (tertiary/aromatic N) is 1. The molecule has 6 rings (SSSR count). The Morgan fingerprint density at radius 1 is 0.879 bits per heavy atom. The monoisotopic (exact) mass is 453 g/mol. The maximum atomic E-state index is 12.6. The quantitative estimate of drug-likeness (QED) is 0.525. The lowest BCUT2D eigenvalue weighted by atomic mass is 9.53. The van der Waals surface area contributed by atoms with Gasteiger partial charge in [0.2, 0.25) is 5.91 Å². The van der Waals surface area contributed by atoms with Crippen LogP contribution < -0.4 is 21.3 Å². The lowest BCUT2D eigenvalue weighted by molar-refractivity contribution is -0.116. The van der Waals surface area contributed by atoms with Gasteiger partial charge in [-0.1, -0.05) is 12.1 Å². The van der Waals surface area contributed by atoms with Crippen molar-refractivity contribution in [3.63, 3.8) is 0 Å². The highest BCUT2D eigenvalue weighted by atomic mass is 16.2. The van der Waals surface area contributed by atoms with Crippen molar-refractivity contribution in [1.29, 1.82) is 0 Å². The Hall–Kier alpha value is -2.77. The molecule has 1 aliphatic heterocycles. The number of anilines is 2. The Morgan fingerprint density at radius 3 is 2.06 bits per heavy atom. The van der Waals surface area contributed by atoms with Crippen LogP contribution in [0.3, 0.4) is 0 Å². The first-order chi connectivity index (χ1) is 16.0. The maximum absolute atomic E-state index is 12.6. The van der Waals surface area contributed by atoms with E-state index in [-0.39, 0.29) is 36.5 Å². The van der Waals surface area contributed by atoms with E-state index in [4.69, 9.17) is 0 Å². The van der Waals surface area contributed by atoms with Crippen LogP contribution in [0.1, 0.15) is 57.8 Å². The molecule has 0 radical (unpaired) electrons. The van der Waals surface area contributed by atoms with Gasteiger partial charge in [-0.15, -0.1) is 0 Å². The van der Waals surface area contributed by atoms with Crippen LogP contribution >= 0.6 is 0 Å². The number of nitrogens with one attached hydrogen (secondary N) is 4. The van der Waals surface area contributed by atoms with Crippen molar-refractivity contribution >= 4 is 29.3 Å². The molecule has 8 nitrogen and oxygen atoms in total. The van der Waals surface area contributed by atoms with Crippen LogP contribution in [0.25, 0.3) is 0 Å². The second kappa shape index (κ2) is 9.23. The van der Waals surface area contributed by atoms with Gasteiger partial charge in [0.05, 0.1) is 11.4 Å². The minimum Gasteiger partial charge on any atom is -0.338 e. The third-order valence-corrected chi connectivity index (χ3v) is 7.89. The fourth-order valence-electron chi connectivity index (χ4n) is 6.87. The summed E-state index contributed by atoms with van der Waals surface area (Å²) >= 11 is 0. The number of para-hydroxylation sites is 2. The molecule has 5 fully saturated rings. The minimum absolute atomic E-state index is 0.0341. The van der Waals surface area contributed by atoms with Gasteiger partial charge in [0, 0.05) is 31.6 Å². The lowest BCUT2D eigenvalue weighted by Crippen LogP contribution is -2.61. The molecule has 178 valence electrons. The zero-order valence-corrected chi connectivity index (χ0v) is 19.2. The van der Waals surface area contributed by atoms with Crippen molar-refractivity contribution in [2.75, 3.05) is 30.3 Å². The van der Waals surface area contributed by atoms with E-state index in [2.05, 4.69) is 21.3 Å². The first-order valence-electron chi connectivity index (χ1n) is 12.5. The predicted molar refractivity (Wildman–Crippen MR) is 127 cm³/mol. The van der Waals surface area contributed by atoms with Gasteiger partial charge in [0.1, 0.15) is 0 Å². The van der Waals surface area contributed by atoms with Gasteiger partial charge >= 0.3 is 12.1 Å². The topological polar surface area (TPSA) is 103 Å². The minimum atomic E-state index is -0.201. The van der Waals surface area contributed by atoms with E-state index in [1.807, 2.05) is 12.1 Å². The van der Waals surface area contributed by atoms with E-state index >= 15 is 0 Å². The fraction of sp³-hybridized carbons (Fsp3) is 0.640. The van der Waals surface area contributed by atoms with E-state index in [9.17, 15) is 14.4 Å². The van der Waals surface area contributed by atoms with Crippen LogP contribution in [-0.2, 0) is 4.79 Å². The molecule has 0 atom stereocenters. The molecule has 0 spiro atoms. The predicted octanol–water partition coefficient (Wildman–Crippen LogP) is 3.91. The number of carbonyl (C=O) groups is 3. The lowest BCUT2D eigenvalue weighted by Gasteiger charge is -2.56. The van der Waals surface area contributed by atoms with Gasteiger partial charge in [0.15, 0.2) is 0 Å². The van der Waals surface area contributed by atoms with Crippen molar-refractivity contribution in [3.8, 4) is 0 Å². The van der Waals surface area contributed by atoms with Crippen molar-refractivity contribution in [2.45, 2.75) is 63.3 Å². The molecule has 1 aromatic carbocycles. The summed E-state index contributed by atoms with van der Waals surface area (Å²) in [5.74, 6) is 2.11. The van der Waals surface area contributed by atoms with Gasteiger partial charge in [-0.2, -0.15) is 0 Å². The van der Waals surface area contributed by atoms with Gasteiger partial charge < -0.3 is 26.2 Å². The number of urea groups is 2. The molecule has 33 heavy (non-hydrogen) atoms. The average molecular weight is 454 g/mol.